The maximum absolute atomic E-state index is 14.5. The Bertz CT molecular complexity index is 923. The molecule has 1 aromatic rings. The van der Waals surface area contributed by atoms with E-state index < -0.39 is 27.2 Å². The number of carbonyl (C=O) groups is 1. The highest BCUT2D eigenvalue weighted by Gasteiger charge is 2.47. The lowest BCUT2D eigenvalue weighted by atomic mass is 9.74. The third-order valence-electron chi connectivity index (χ3n) is 5.73. The van der Waals surface area contributed by atoms with Crippen LogP contribution in [-0.2, 0) is 22.1 Å². The Morgan fingerprint density at radius 1 is 1.16 bits per heavy atom. The molecule has 1 aliphatic carbocycles. The molecule has 6 nitrogen and oxygen atoms in total. The molecule has 3 rings (SSSR count). The van der Waals surface area contributed by atoms with E-state index in [-0.39, 0.29) is 17.3 Å². The standard InChI is InChI=1S/C23H33FN2O4S/c1-21(2,3)30-20(27)26-10-8-23(9-11-26)14-15-12-18(29-7)17(24)13-16(15)19(23)25-31(28)22(4,5)6/h12-13H,8-11,14H2,1-7H3/b25-19+/t31-/m1/s1. The quantitative estimate of drug-likeness (QED) is 0.655. The minimum absolute atomic E-state index is 0.193. The highest BCUT2D eigenvalue weighted by molar-refractivity contribution is 7.85. The minimum Gasteiger partial charge on any atom is -0.494 e. The Labute approximate surface area is 186 Å². The van der Waals surface area contributed by atoms with Crippen molar-refractivity contribution in [3.63, 3.8) is 0 Å². The summed E-state index contributed by atoms with van der Waals surface area (Å²) in [4.78, 5) is 14.2. The zero-order chi connectivity index (χ0) is 23.2. The lowest BCUT2D eigenvalue weighted by molar-refractivity contribution is 0.0159. The number of carbonyl (C=O) groups excluding carboxylic acids is 1. The Kier molecular flexibility index (Phi) is 6.26. The van der Waals surface area contributed by atoms with E-state index in [0.29, 0.717) is 43.6 Å². The molecule has 0 unspecified atom stereocenters. The van der Waals surface area contributed by atoms with Gasteiger partial charge in [0.25, 0.3) is 0 Å². The average molecular weight is 453 g/mol. The largest absolute Gasteiger partial charge is 0.494 e. The number of hydrogen-bond acceptors (Lipinski definition) is 4. The van der Waals surface area contributed by atoms with Crippen LogP contribution in [0.2, 0.25) is 0 Å². The molecule has 1 aromatic carbocycles. The molecular weight excluding hydrogens is 419 g/mol. The third-order valence-corrected chi connectivity index (χ3v) is 7.13. The van der Waals surface area contributed by atoms with E-state index in [4.69, 9.17) is 9.47 Å². The lowest BCUT2D eigenvalue weighted by Crippen LogP contribution is -2.47. The highest BCUT2D eigenvalue weighted by atomic mass is 32.2. The van der Waals surface area contributed by atoms with E-state index in [1.54, 1.807) is 11.0 Å². The van der Waals surface area contributed by atoms with Crippen molar-refractivity contribution in [2.24, 2.45) is 9.81 Å². The van der Waals surface area contributed by atoms with Crippen molar-refractivity contribution >= 4 is 22.8 Å². The normalized spacial score (nSPS) is 20.6. The molecule has 172 valence electrons. The molecule has 0 aromatic heterocycles. The van der Waals surface area contributed by atoms with Crippen LogP contribution in [0.25, 0.3) is 0 Å². The van der Waals surface area contributed by atoms with Gasteiger partial charge in [-0.15, -0.1) is 0 Å². The Hall–Kier alpha value is -1.96. The maximum Gasteiger partial charge on any atom is 0.410 e. The van der Waals surface area contributed by atoms with Crippen LogP contribution in [0, 0.1) is 11.2 Å². The van der Waals surface area contributed by atoms with Crippen LogP contribution in [0.4, 0.5) is 9.18 Å². The van der Waals surface area contributed by atoms with E-state index >= 15 is 0 Å². The van der Waals surface area contributed by atoms with Gasteiger partial charge in [-0.1, -0.05) is 0 Å². The van der Waals surface area contributed by atoms with Crippen LogP contribution >= 0.6 is 0 Å². The summed E-state index contributed by atoms with van der Waals surface area (Å²) in [5.74, 6) is -0.267. The fourth-order valence-electron chi connectivity index (χ4n) is 4.08. The van der Waals surface area contributed by atoms with Crippen molar-refractivity contribution in [2.75, 3.05) is 20.2 Å². The van der Waals surface area contributed by atoms with E-state index in [0.717, 1.165) is 5.56 Å². The number of methoxy groups -OCH3 is 1. The van der Waals surface area contributed by atoms with E-state index in [1.165, 1.54) is 13.2 Å². The molecule has 1 saturated heterocycles. The molecule has 31 heavy (non-hydrogen) atoms. The van der Waals surface area contributed by atoms with Gasteiger partial charge in [0, 0.05) is 24.1 Å². The second-order valence-electron chi connectivity index (χ2n) is 10.4. The number of benzene rings is 1. The molecule has 8 heteroatoms. The second kappa shape index (κ2) is 8.19. The maximum atomic E-state index is 14.5. The number of rotatable bonds is 2. The van der Waals surface area contributed by atoms with E-state index in [1.807, 2.05) is 41.5 Å². The summed E-state index contributed by atoms with van der Waals surface area (Å²) in [7, 11) is -0.0348. The number of hydrogen-bond donors (Lipinski definition) is 0. The first-order valence-corrected chi connectivity index (χ1v) is 11.7. The molecular formula is C23H33FN2O4S. The summed E-state index contributed by atoms with van der Waals surface area (Å²) >= 11 is 0. The minimum atomic E-state index is -1.48. The van der Waals surface area contributed by atoms with Gasteiger partial charge < -0.3 is 14.4 Å². The fraction of sp³-hybridized carbons (Fsp3) is 0.652. The first-order valence-electron chi connectivity index (χ1n) is 10.6. The van der Waals surface area contributed by atoms with Crippen molar-refractivity contribution in [1.82, 2.24) is 4.90 Å². The van der Waals surface area contributed by atoms with Gasteiger partial charge in [-0.3, -0.25) is 0 Å². The zero-order valence-electron chi connectivity index (χ0n) is 19.5. The Morgan fingerprint density at radius 2 is 1.77 bits per heavy atom. The van der Waals surface area contributed by atoms with Gasteiger partial charge in [0.05, 0.1) is 17.6 Å². The number of halogens is 1. The van der Waals surface area contributed by atoms with Crippen molar-refractivity contribution in [1.29, 1.82) is 0 Å². The number of ether oxygens (including phenoxy) is 2. The molecule has 1 atom stereocenters. The molecule has 0 N–H and O–H groups in total. The van der Waals surface area contributed by atoms with Gasteiger partial charge in [0.15, 0.2) is 11.6 Å². The van der Waals surface area contributed by atoms with Crippen molar-refractivity contribution in [3.8, 4) is 5.75 Å². The molecule has 1 aliphatic heterocycles. The second-order valence-corrected chi connectivity index (χ2v) is 12.3. The molecule has 0 radical (unpaired) electrons. The van der Waals surface area contributed by atoms with Crippen LogP contribution in [0.1, 0.15) is 65.5 Å². The summed E-state index contributed by atoms with van der Waals surface area (Å²) in [6.45, 7) is 12.2. The smallest absolute Gasteiger partial charge is 0.410 e. The van der Waals surface area contributed by atoms with Gasteiger partial charge in [-0.25, -0.2) is 13.4 Å². The summed E-state index contributed by atoms with van der Waals surface area (Å²) in [6.07, 6.45) is 1.61. The SMILES string of the molecule is COc1cc2c(cc1F)/C(=N\[S@](=O)C(C)(C)C)C1(CCN(C(=O)OC(C)(C)C)CC1)C2. The van der Waals surface area contributed by atoms with Gasteiger partial charge in [-0.05, 0) is 78.5 Å². The number of amides is 1. The van der Waals surface area contributed by atoms with Crippen molar-refractivity contribution in [3.05, 3.63) is 29.1 Å². The van der Waals surface area contributed by atoms with Gasteiger partial charge in [-0.2, -0.15) is 4.40 Å². The van der Waals surface area contributed by atoms with Crippen molar-refractivity contribution in [2.45, 2.75) is 71.2 Å². The van der Waals surface area contributed by atoms with E-state index in [2.05, 4.69) is 4.40 Å². The molecule has 0 saturated carbocycles. The van der Waals surface area contributed by atoms with Crippen LogP contribution < -0.4 is 4.74 Å². The van der Waals surface area contributed by atoms with Crippen molar-refractivity contribution < 1.29 is 22.9 Å². The predicted octanol–water partition coefficient (Wildman–Crippen LogP) is 4.66. The molecule has 1 fully saturated rings. The summed E-state index contributed by atoms with van der Waals surface area (Å²) in [6, 6.07) is 3.16. The summed E-state index contributed by atoms with van der Waals surface area (Å²) < 4.78 is 42.3. The monoisotopic (exact) mass is 452 g/mol. The Balaban J connectivity index is 1.95. The zero-order valence-corrected chi connectivity index (χ0v) is 20.3. The molecule has 1 amide bonds. The topological polar surface area (TPSA) is 68.2 Å². The van der Waals surface area contributed by atoms with E-state index in [9.17, 15) is 13.4 Å². The molecule has 1 heterocycles. The van der Waals surface area contributed by atoms with Gasteiger partial charge in [0.1, 0.15) is 16.6 Å². The number of likely N-dealkylation sites (tertiary alicyclic amines) is 1. The fourth-order valence-corrected chi connectivity index (χ4v) is 4.81. The van der Waals surface area contributed by atoms with Crippen LogP contribution in [0.3, 0.4) is 0 Å². The summed E-state index contributed by atoms with van der Waals surface area (Å²) in [5, 5.41) is 0. The average Bonchev–Trinajstić information content (AvgIpc) is 2.91. The molecule has 0 bridgehead atoms. The highest BCUT2D eigenvalue weighted by Crippen LogP contribution is 2.47. The summed E-state index contributed by atoms with van der Waals surface area (Å²) in [5.41, 5.74) is 1.37. The Morgan fingerprint density at radius 3 is 2.29 bits per heavy atom. The number of fused-ring (bicyclic) bond motifs is 1. The number of piperidine rings is 1. The molecule has 2 aliphatic rings. The molecule has 1 spiro atoms. The first kappa shape index (κ1) is 23.7. The third kappa shape index (κ3) is 4.94. The van der Waals surface area contributed by atoms with Gasteiger partial charge >= 0.3 is 6.09 Å². The van der Waals surface area contributed by atoms with Crippen LogP contribution in [0.5, 0.6) is 5.75 Å². The lowest BCUT2D eigenvalue weighted by Gasteiger charge is -2.40. The first-order chi connectivity index (χ1) is 14.3. The predicted molar refractivity (Wildman–Crippen MR) is 121 cm³/mol. The van der Waals surface area contributed by atoms with Gasteiger partial charge in [0.2, 0.25) is 0 Å². The van der Waals surface area contributed by atoms with Crippen LogP contribution in [-0.4, -0.2) is 51.5 Å². The number of nitrogens with zero attached hydrogens (tertiary/aromatic N) is 2. The van der Waals surface area contributed by atoms with Crippen LogP contribution in [0.15, 0.2) is 16.5 Å².